The van der Waals surface area contributed by atoms with Gasteiger partial charge in [0.05, 0.1) is 7.11 Å². The van der Waals surface area contributed by atoms with Gasteiger partial charge in [-0.05, 0) is 24.6 Å². The lowest BCUT2D eigenvalue weighted by atomic mass is 10.1. The van der Waals surface area contributed by atoms with E-state index in [0.29, 0.717) is 17.7 Å². The van der Waals surface area contributed by atoms with Crippen molar-refractivity contribution in [1.29, 1.82) is 0 Å². The number of benzene rings is 2. The predicted octanol–water partition coefficient (Wildman–Crippen LogP) is 4.42. The third-order valence-electron chi connectivity index (χ3n) is 3.04. The van der Waals surface area contributed by atoms with Crippen molar-refractivity contribution in [3.8, 4) is 5.75 Å². The Bertz CT molecular complexity index is 637. The van der Waals surface area contributed by atoms with Crippen molar-refractivity contribution >= 4 is 5.69 Å². The summed E-state index contributed by atoms with van der Waals surface area (Å²) < 4.78 is 58.2. The van der Waals surface area contributed by atoms with Crippen LogP contribution in [-0.4, -0.2) is 7.11 Å². The molecule has 1 N–H and O–H groups in total. The summed E-state index contributed by atoms with van der Waals surface area (Å²) in [6.45, 7) is 1.63. The van der Waals surface area contributed by atoms with E-state index in [0.717, 1.165) is 0 Å². The quantitative estimate of drug-likeness (QED) is 0.844. The molecule has 0 saturated heterocycles. The van der Waals surface area contributed by atoms with Gasteiger partial charge in [-0.1, -0.05) is 6.07 Å². The zero-order valence-corrected chi connectivity index (χ0v) is 11.4. The van der Waals surface area contributed by atoms with E-state index in [1.807, 2.05) is 0 Å². The summed E-state index contributed by atoms with van der Waals surface area (Å²) in [6.07, 6.45) is 0. The zero-order valence-electron chi connectivity index (χ0n) is 11.4. The molecule has 21 heavy (non-hydrogen) atoms. The van der Waals surface area contributed by atoms with Crippen LogP contribution in [0.1, 0.15) is 18.5 Å². The number of anilines is 1. The van der Waals surface area contributed by atoms with Crippen LogP contribution in [0.25, 0.3) is 0 Å². The van der Waals surface area contributed by atoms with Crippen LogP contribution in [0, 0.1) is 23.3 Å². The average Bonchev–Trinajstić information content (AvgIpc) is 2.43. The maximum atomic E-state index is 13.6. The molecule has 0 aromatic heterocycles. The Balaban J connectivity index is 2.28. The van der Waals surface area contributed by atoms with Gasteiger partial charge in [-0.25, -0.2) is 17.6 Å². The molecule has 6 heteroatoms. The molecule has 1 unspecified atom stereocenters. The molecule has 1 atom stereocenters. The van der Waals surface area contributed by atoms with Crippen LogP contribution in [0.15, 0.2) is 30.3 Å². The lowest BCUT2D eigenvalue weighted by molar-refractivity contribution is 0.385. The van der Waals surface area contributed by atoms with Gasteiger partial charge in [0.1, 0.15) is 11.5 Å². The van der Waals surface area contributed by atoms with Gasteiger partial charge in [0.15, 0.2) is 23.2 Å². The molecule has 0 heterocycles. The molecule has 2 aromatic carbocycles. The van der Waals surface area contributed by atoms with Crippen LogP contribution >= 0.6 is 0 Å². The maximum Gasteiger partial charge on any atom is 0.165 e. The molecule has 2 aromatic rings. The molecular weight excluding hydrogens is 286 g/mol. The highest BCUT2D eigenvalue weighted by molar-refractivity contribution is 5.49. The van der Waals surface area contributed by atoms with Crippen LogP contribution in [0.3, 0.4) is 0 Å². The Hall–Kier alpha value is -2.24. The summed E-state index contributed by atoms with van der Waals surface area (Å²) in [6, 6.07) is 4.73. The fourth-order valence-corrected chi connectivity index (χ4v) is 1.93. The van der Waals surface area contributed by atoms with E-state index in [2.05, 4.69) is 5.32 Å². The van der Waals surface area contributed by atoms with Crippen LogP contribution in [-0.2, 0) is 0 Å². The first kappa shape index (κ1) is 15.2. The molecule has 0 spiro atoms. The van der Waals surface area contributed by atoms with Gasteiger partial charge in [0.25, 0.3) is 0 Å². The molecule has 0 radical (unpaired) electrons. The molecule has 0 amide bonds. The summed E-state index contributed by atoms with van der Waals surface area (Å²) in [5, 5.41) is 2.60. The van der Waals surface area contributed by atoms with Crippen molar-refractivity contribution in [1.82, 2.24) is 0 Å². The van der Waals surface area contributed by atoms with Crippen LogP contribution in [0.4, 0.5) is 23.2 Å². The highest BCUT2D eigenvalue weighted by atomic mass is 19.1. The van der Waals surface area contributed by atoms with Gasteiger partial charge >= 0.3 is 0 Å². The second kappa shape index (κ2) is 6.03. The molecule has 0 aliphatic heterocycles. The molecule has 0 bridgehead atoms. The highest BCUT2D eigenvalue weighted by Gasteiger charge is 2.16. The third-order valence-corrected chi connectivity index (χ3v) is 3.04. The molecule has 0 aliphatic rings. The first-order valence-corrected chi connectivity index (χ1v) is 6.17. The minimum atomic E-state index is -1.03. The average molecular weight is 299 g/mol. The molecule has 0 fully saturated rings. The first-order valence-electron chi connectivity index (χ1n) is 6.17. The molecule has 112 valence electrons. The normalized spacial score (nSPS) is 12.1. The molecule has 2 rings (SSSR count). The second-order valence-corrected chi connectivity index (χ2v) is 4.50. The van der Waals surface area contributed by atoms with Crippen LogP contribution in [0.2, 0.25) is 0 Å². The van der Waals surface area contributed by atoms with E-state index in [9.17, 15) is 17.6 Å². The summed E-state index contributed by atoms with van der Waals surface area (Å²) in [5.41, 5.74) is 0.128. The van der Waals surface area contributed by atoms with Crippen molar-refractivity contribution in [3.05, 3.63) is 59.2 Å². The number of halogens is 4. The fourth-order valence-electron chi connectivity index (χ4n) is 1.93. The van der Waals surface area contributed by atoms with Gasteiger partial charge in [-0.15, -0.1) is 0 Å². The number of hydrogen-bond acceptors (Lipinski definition) is 2. The number of ether oxygens (including phenoxy) is 1. The number of hydrogen-bond donors (Lipinski definition) is 1. The fraction of sp³-hybridized carbons (Fsp3) is 0.200. The van der Waals surface area contributed by atoms with Gasteiger partial charge in [0, 0.05) is 18.2 Å². The highest BCUT2D eigenvalue weighted by Crippen LogP contribution is 2.28. The van der Waals surface area contributed by atoms with Crippen molar-refractivity contribution in [2.75, 3.05) is 12.4 Å². The Labute approximate surface area is 119 Å². The van der Waals surface area contributed by atoms with E-state index in [1.165, 1.54) is 25.3 Å². The number of rotatable bonds is 4. The zero-order chi connectivity index (χ0) is 15.6. The van der Waals surface area contributed by atoms with E-state index in [-0.39, 0.29) is 5.75 Å². The minimum absolute atomic E-state index is 0.0289. The predicted molar refractivity (Wildman–Crippen MR) is 71.3 cm³/mol. The first-order chi connectivity index (χ1) is 9.92. The van der Waals surface area contributed by atoms with Gasteiger partial charge in [-0.3, -0.25) is 0 Å². The number of nitrogens with one attached hydrogen (secondary N) is 1. The standard InChI is InChI=1S/C15H13F4NO/c1-8(9-3-4-11(17)14(5-9)21-2)20-15-12(18)6-10(16)7-13(15)19/h3-8,20H,1-2H3. The lowest BCUT2D eigenvalue weighted by Crippen LogP contribution is -2.10. The van der Waals surface area contributed by atoms with Crippen molar-refractivity contribution in [2.45, 2.75) is 13.0 Å². The summed E-state index contributed by atoms with van der Waals surface area (Å²) >= 11 is 0. The minimum Gasteiger partial charge on any atom is -0.494 e. The van der Waals surface area contributed by atoms with Gasteiger partial charge in [0.2, 0.25) is 0 Å². The molecule has 2 nitrogen and oxygen atoms in total. The van der Waals surface area contributed by atoms with E-state index >= 15 is 0 Å². The van der Waals surface area contributed by atoms with E-state index in [1.54, 1.807) is 6.92 Å². The van der Waals surface area contributed by atoms with Crippen molar-refractivity contribution in [3.63, 3.8) is 0 Å². The SMILES string of the molecule is COc1cc(C(C)Nc2c(F)cc(F)cc2F)ccc1F. The van der Waals surface area contributed by atoms with E-state index in [4.69, 9.17) is 4.74 Å². The lowest BCUT2D eigenvalue weighted by Gasteiger charge is -2.17. The van der Waals surface area contributed by atoms with Crippen molar-refractivity contribution < 1.29 is 22.3 Å². The molecule has 0 saturated carbocycles. The Morgan fingerprint density at radius 3 is 2.14 bits per heavy atom. The smallest absolute Gasteiger partial charge is 0.165 e. The Morgan fingerprint density at radius 2 is 1.57 bits per heavy atom. The second-order valence-electron chi connectivity index (χ2n) is 4.50. The monoisotopic (exact) mass is 299 g/mol. The topological polar surface area (TPSA) is 21.3 Å². The maximum absolute atomic E-state index is 13.6. The Kier molecular flexibility index (Phi) is 4.35. The Morgan fingerprint density at radius 1 is 0.952 bits per heavy atom. The number of methoxy groups -OCH3 is 1. The largest absolute Gasteiger partial charge is 0.494 e. The summed E-state index contributed by atoms with van der Waals surface area (Å²) in [4.78, 5) is 0. The summed E-state index contributed by atoms with van der Waals surface area (Å²) in [5.74, 6) is -3.57. The van der Waals surface area contributed by atoms with E-state index < -0.39 is 35.0 Å². The third kappa shape index (κ3) is 3.26. The van der Waals surface area contributed by atoms with Gasteiger partial charge in [-0.2, -0.15) is 0 Å². The molecular formula is C15H13F4NO. The van der Waals surface area contributed by atoms with Crippen molar-refractivity contribution in [2.24, 2.45) is 0 Å². The van der Waals surface area contributed by atoms with Gasteiger partial charge < -0.3 is 10.1 Å². The van der Waals surface area contributed by atoms with Crippen LogP contribution in [0.5, 0.6) is 5.75 Å². The summed E-state index contributed by atoms with van der Waals surface area (Å²) in [7, 11) is 1.32. The molecule has 0 aliphatic carbocycles. The van der Waals surface area contributed by atoms with Crippen LogP contribution < -0.4 is 10.1 Å².